The summed E-state index contributed by atoms with van der Waals surface area (Å²) in [6.45, 7) is 1.90. The number of nitrogen functional groups attached to an aromatic ring is 2. The Morgan fingerprint density at radius 2 is 1.53 bits per heavy atom. The van der Waals surface area contributed by atoms with Crippen LogP contribution in [0.4, 0.5) is 22.7 Å². The molecule has 0 unspecified atom stereocenters. The summed E-state index contributed by atoms with van der Waals surface area (Å²) in [5.74, 6) is 0. The number of nitrogens with zero attached hydrogens (tertiary/aromatic N) is 3. The third-order valence-corrected chi connectivity index (χ3v) is 2.63. The van der Waals surface area contributed by atoms with Crippen LogP contribution in [0.2, 0.25) is 0 Å². The van der Waals surface area contributed by atoms with Crippen LogP contribution in [0.1, 0.15) is 11.1 Å². The van der Waals surface area contributed by atoms with Gasteiger partial charge in [0.2, 0.25) is 0 Å². The van der Waals surface area contributed by atoms with E-state index in [2.05, 4.69) is 10.2 Å². The average molecular weight is 251 g/mol. The van der Waals surface area contributed by atoms with Crippen molar-refractivity contribution in [2.75, 3.05) is 11.5 Å². The standard InChI is InChI=1S/C14H13N5/c1-9-6-11(16)2-4-13(9)18-19-14-5-3-12(17)7-10(14)8-15/h2-7H,16-17H2,1H3. The summed E-state index contributed by atoms with van der Waals surface area (Å²) in [6, 6.07) is 12.3. The summed E-state index contributed by atoms with van der Waals surface area (Å²) in [7, 11) is 0. The molecule has 0 aliphatic rings. The van der Waals surface area contributed by atoms with Crippen LogP contribution in [0.25, 0.3) is 0 Å². The predicted octanol–water partition coefficient (Wildman–Crippen LogP) is 3.45. The van der Waals surface area contributed by atoms with Crippen molar-refractivity contribution in [2.24, 2.45) is 10.2 Å². The highest BCUT2D eigenvalue weighted by molar-refractivity contribution is 5.60. The highest BCUT2D eigenvalue weighted by atomic mass is 15.1. The van der Waals surface area contributed by atoms with Crippen molar-refractivity contribution >= 4 is 22.7 Å². The second-order valence-corrected chi connectivity index (χ2v) is 4.13. The summed E-state index contributed by atoms with van der Waals surface area (Å²) in [5, 5.41) is 17.2. The molecule has 0 radical (unpaired) electrons. The van der Waals surface area contributed by atoms with Crippen molar-refractivity contribution in [1.82, 2.24) is 0 Å². The molecule has 5 heteroatoms. The molecule has 0 fully saturated rings. The van der Waals surface area contributed by atoms with Crippen LogP contribution in [0.3, 0.4) is 0 Å². The Morgan fingerprint density at radius 1 is 0.947 bits per heavy atom. The number of anilines is 2. The van der Waals surface area contributed by atoms with E-state index in [1.165, 1.54) is 0 Å². The second-order valence-electron chi connectivity index (χ2n) is 4.13. The van der Waals surface area contributed by atoms with Gasteiger partial charge in [-0.1, -0.05) is 0 Å². The van der Waals surface area contributed by atoms with Crippen LogP contribution in [0, 0.1) is 18.3 Å². The van der Waals surface area contributed by atoms with Gasteiger partial charge < -0.3 is 11.5 Å². The minimum atomic E-state index is 0.400. The largest absolute Gasteiger partial charge is 0.399 e. The predicted molar refractivity (Wildman–Crippen MR) is 75.3 cm³/mol. The Kier molecular flexibility index (Phi) is 3.44. The molecule has 19 heavy (non-hydrogen) atoms. The van der Waals surface area contributed by atoms with Gasteiger partial charge in [-0.25, -0.2) is 0 Å². The van der Waals surface area contributed by atoms with Crippen LogP contribution < -0.4 is 11.5 Å². The Hall–Kier alpha value is -2.87. The van der Waals surface area contributed by atoms with E-state index >= 15 is 0 Å². The normalized spacial score (nSPS) is 10.5. The fraction of sp³-hybridized carbons (Fsp3) is 0.0714. The molecule has 94 valence electrons. The summed E-state index contributed by atoms with van der Waals surface area (Å²) < 4.78 is 0. The maximum absolute atomic E-state index is 9.01. The van der Waals surface area contributed by atoms with Crippen molar-refractivity contribution in [3.8, 4) is 6.07 Å². The topological polar surface area (TPSA) is 101 Å². The molecule has 0 atom stereocenters. The number of hydrogen-bond acceptors (Lipinski definition) is 5. The number of hydrogen-bond donors (Lipinski definition) is 2. The van der Waals surface area contributed by atoms with E-state index in [4.69, 9.17) is 16.7 Å². The van der Waals surface area contributed by atoms with Crippen LogP contribution in [-0.4, -0.2) is 0 Å². The van der Waals surface area contributed by atoms with Gasteiger partial charge in [-0.3, -0.25) is 0 Å². The molecule has 0 saturated carbocycles. The fourth-order valence-corrected chi connectivity index (χ4v) is 1.63. The molecule has 4 N–H and O–H groups in total. The Bertz CT molecular complexity index is 683. The zero-order chi connectivity index (χ0) is 13.8. The van der Waals surface area contributed by atoms with E-state index in [0.717, 1.165) is 11.3 Å². The van der Waals surface area contributed by atoms with E-state index in [9.17, 15) is 0 Å². The first-order valence-corrected chi connectivity index (χ1v) is 5.67. The molecular formula is C14H13N5. The van der Waals surface area contributed by atoms with E-state index in [1.54, 1.807) is 30.3 Å². The third kappa shape index (κ3) is 2.87. The van der Waals surface area contributed by atoms with Gasteiger partial charge in [-0.15, -0.1) is 5.11 Å². The zero-order valence-electron chi connectivity index (χ0n) is 10.5. The number of rotatable bonds is 2. The van der Waals surface area contributed by atoms with Gasteiger partial charge >= 0.3 is 0 Å². The Labute approximate surface area is 111 Å². The molecule has 2 aromatic rings. The van der Waals surface area contributed by atoms with Crippen molar-refractivity contribution in [3.05, 3.63) is 47.5 Å². The maximum Gasteiger partial charge on any atom is 0.104 e. The molecule has 0 bridgehead atoms. The smallest absolute Gasteiger partial charge is 0.104 e. The SMILES string of the molecule is Cc1cc(N)ccc1N=Nc1ccc(N)cc1C#N. The molecule has 2 aromatic carbocycles. The molecule has 5 nitrogen and oxygen atoms in total. The zero-order valence-corrected chi connectivity index (χ0v) is 10.5. The highest BCUT2D eigenvalue weighted by Gasteiger charge is 2.02. The van der Waals surface area contributed by atoms with Crippen LogP contribution >= 0.6 is 0 Å². The van der Waals surface area contributed by atoms with Crippen LogP contribution in [-0.2, 0) is 0 Å². The maximum atomic E-state index is 9.01. The first-order valence-electron chi connectivity index (χ1n) is 5.67. The fourth-order valence-electron chi connectivity index (χ4n) is 1.63. The van der Waals surface area contributed by atoms with E-state index in [-0.39, 0.29) is 0 Å². The lowest BCUT2D eigenvalue weighted by Gasteiger charge is -2.01. The molecule has 0 spiro atoms. The van der Waals surface area contributed by atoms with Crippen molar-refractivity contribution in [2.45, 2.75) is 6.92 Å². The number of benzene rings is 2. The number of aryl methyl sites for hydroxylation is 1. The van der Waals surface area contributed by atoms with Gasteiger partial charge in [0, 0.05) is 11.4 Å². The van der Waals surface area contributed by atoms with E-state index in [0.29, 0.717) is 22.6 Å². The molecule has 0 saturated heterocycles. The number of nitrogens with two attached hydrogens (primary N) is 2. The molecule has 0 aromatic heterocycles. The molecule has 0 amide bonds. The first-order chi connectivity index (χ1) is 9.10. The van der Waals surface area contributed by atoms with Crippen molar-refractivity contribution in [3.63, 3.8) is 0 Å². The molecule has 0 aliphatic heterocycles. The monoisotopic (exact) mass is 251 g/mol. The molecular weight excluding hydrogens is 238 g/mol. The lowest BCUT2D eigenvalue weighted by molar-refractivity contribution is 1.20. The minimum Gasteiger partial charge on any atom is -0.399 e. The third-order valence-electron chi connectivity index (χ3n) is 2.63. The van der Waals surface area contributed by atoms with Gasteiger partial charge in [0.25, 0.3) is 0 Å². The number of nitriles is 1. The van der Waals surface area contributed by atoms with E-state index < -0.39 is 0 Å². The van der Waals surface area contributed by atoms with Gasteiger partial charge in [-0.2, -0.15) is 10.4 Å². The van der Waals surface area contributed by atoms with Gasteiger partial charge in [0.1, 0.15) is 11.8 Å². The van der Waals surface area contributed by atoms with E-state index in [1.807, 2.05) is 19.1 Å². The Balaban J connectivity index is 2.35. The first kappa shape index (κ1) is 12.6. The summed E-state index contributed by atoms with van der Waals surface area (Å²) >= 11 is 0. The summed E-state index contributed by atoms with van der Waals surface area (Å²) in [6.07, 6.45) is 0. The molecule has 0 aliphatic carbocycles. The molecule has 0 heterocycles. The molecule has 2 rings (SSSR count). The van der Waals surface area contributed by atoms with Gasteiger partial charge in [0.05, 0.1) is 11.3 Å². The van der Waals surface area contributed by atoms with Crippen LogP contribution in [0.15, 0.2) is 46.6 Å². The lowest BCUT2D eigenvalue weighted by atomic mass is 10.2. The minimum absolute atomic E-state index is 0.400. The Morgan fingerprint density at radius 3 is 2.16 bits per heavy atom. The second kappa shape index (κ2) is 5.19. The summed E-state index contributed by atoms with van der Waals surface area (Å²) in [4.78, 5) is 0. The summed E-state index contributed by atoms with van der Waals surface area (Å²) in [5.41, 5.74) is 15.0. The average Bonchev–Trinajstić information content (AvgIpc) is 2.39. The van der Waals surface area contributed by atoms with Crippen molar-refractivity contribution in [1.29, 1.82) is 5.26 Å². The van der Waals surface area contributed by atoms with Gasteiger partial charge in [0.15, 0.2) is 0 Å². The van der Waals surface area contributed by atoms with Crippen molar-refractivity contribution < 1.29 is 0 Å². The lowest BCUT2D eigenvalue weighted by Crippen LogP contribution is -1.86. The highest BCUT2D eigenvalue weighted by Crippen LogP contribution is 2.26. The number of azo groups is 1. The quantitative estimate of drug-likeness (QED) is 0.631. The van der Waals surface area contributed by atoms with Crippen LogP contribution in [0.5, 0.6) is 0 Å². The van der Waals surface area contributed by atoms with Gasteiger partial charge in [-0.05, 0) is 48.9 Å².